The van der Waals surface area contributed by atoms with Crippen LogP contribution in [0.5, 0.6) is 0 Å². The normalized spacial score (nSPS) is 10.1. The van der Waals surface area contributed by atoms with Crippen LogP contribution in [0.25, 0.3) is 5.69 Å². The zero-order valence-electron chi connectivity index (χ0n) is 8.19. The second-order valence-corrected chi connectivity index (χ2v) is 4.09. The van der Waals surface area contributed by atoms with Gasteiger partial charge in [-0.15, -0.1) is 0 Å². The van der Waals surface area contributed by atoms with Crippen LogP contribution in [0.3, 0.4) is 0 Å². The number of halogens is 2. The fourth-order valence-electron chi connectivity index (χ4n) is 1.35. The SMILES string of the molecule is N#CCc1ccn(-c2cc(Cl)cc(Cl)c2)n1. The highest BCUT2D eigenvalue weighted by atomic mass is 35.5. The first-order valence-corrected chi connectivity index (χ1v) is 5.32. The quantitative estimate of drug-likeness (QED) is 0.823. The highest BCUT2D eigenvalue weighted by Crippen LogP contribution is 2.21. The molecule has 0 radical (unpaired) electrons. The molecule has 0 saturated heterocycles. The topological polar surface area (TPSA) is 41.6 Å². The molecule has 0 aliphatic rings. The van der Waals surface area contributed by atoms with E-state index < -0.39 is 0 Å². The number of benzene rings is 1. The van der Waals surface area contributed by atoms with Crippen molar-refractivity contribution in [1.29, 1.82) is 5.26 Å². The third-order valence-electron chi connectivity index (χ3n) is 2.02. The lowest BCUT2D eigenvalue weighted by Crippen LogP contribution is -1.96. The average Bonchev–Trinajstić information content (AvgIpc) is 2.65. The van der Waals surface area contributed by atoms with Crippen LogP contribution in [-0.4, -0.2) is 9.78 Å². The van der Waals surface area contributed by atoms with Gasteiger partial charge in [0.05, 0.1) is 23.9 Å². The summed E-state index contributed by atoms with van der Waals surface area (Å²) in [5.74, 6) is 0. The van der Waals surface area contributed by atoms with Crippen molar-refractivity contribution in [2.45, 2.75) is 6.42 Å². The Morgan fingerprint density at radius 1 is 1.25 bits per heavy atom. The summed E-state index contributed by atoms with van der Waals surface area (Å²) in [4.78, 5) is 0. The van der Waals surface area contributed by atoms with Gasteiger partial charge in [0, 0.05) is 16.2 Å². The first-order valence-electron chi connectivity index (χ1n) is 4.57. The molecule has 0 unspecified atom stereocenters. The van der Waals surface area contributed by atoms with Crippen LogP contribution in [0.15, 0.2) is 30.5 Å². The van der Waals surface area contributed by atoms with E-state index in [1.165, 1.54) is 0 Å². The molecule has 1 aromatic carbocycles. The molecule has 0 saturated carbocycles. The fraction of sp³-hybridized carbons (Fsp3) is 0.0909. The minimum absolute atomic E-state index is 0.293. The molecule has 0 amide bonds. The lowest BCUT2D eigenvalue weighted by Gasteiger charge is -2.02. The van der Waals surface area contributed by atoms with E-state index >= 15 is 0 Å². The molecule has 2 aromatic rings. The highest BCUT2D eigenvalue weighted by molar-refractivity contribution is 6.34. The number of hydrogen-bond acceptors (Lipinski definition) is 2. The molecule has 80 valence electrons. The van der Waals surface area contributed by atoms with E-state index in [2.05, 4.69) is 5.10 Å². The maximum Gasteiger partial charge on any atom is 0.0793 e. The van der Waals surface area contributed by atoms with Crippen LogP contribution >= 0.6 is 23.2 Å². The van der Waals surface area contributed by atoms with Gasteiger partial charge in [-0.05, 0) is 24.3 Å². The Hall–Kier alpha value is -1.50. The first kappa shape index (κ1) is 11.0. The van der Waals surface area contributed by atoms with Gasteiger partial charge in [-0.25, -0.2) is 4.68 Å². The number of nitriles is 1. The first-order chi connectivity index (χ1) is 7.69. The summed E-state index contributed by atoms with van der Waals surface area (Å²) in [5, 5.41) is 13.9. The Morgan fingerprint density at radius 2 is 1.94 bits per heavy atom. The van der Waals surface area contributed by atoms with Crippen molar-refractivity contribution < 1.29 is 0 Å². The molecule has 0 fully saturated rings. The van der Waals surface area contributed by atoms with Crippen molar-refractivity contribution >= 4 is 23.2 Å². The van der Waals surface area contributed by atoms with Crippen LogP contribution in [0.4, 0.5) is 0 Å². The Labute approximate surface area is 103 Å². The van der Waals surface area contributed by atoms with Crippen molar-refractivity contribution in [2.24, 2.45) is 0 Å². The number of hydrogen-bond donors (Lipinski definition) is 0. The highest BCUT2D eigenvalue weighted by Gasteiger charge is 2.03. The van der Waals surface area contributed by atoms with Crippen molar-refractivity contribution in [3.63, 3.8) is 0 Å². The lowest BCUT2D eigenvalue weighted by atomic mass is 10.3. The smallest absolute Gasteiger partial charge is 0.0793 e. The maximum absolute atomic E-state index is 8.55. The Balaban J connectivity index is 2.39. The molecular weight excluding hydrogens is 245 g/mol. The van der Waals surface area contributed by atoms with Gasteiger partial charge in [-0.1, -0.05) is 23.2 Å². The summed E-state index contributed by atoms with van der Waals surface area (Å²) in [7, 11) is 0. The van der Waals surface area contributed by atoms with Crippen LogP contribution in [0.2, 0.25) is 10.0 Å². The molecule has 0 spiro atoms. The number of rotatable bonds is 2. The molecule has 0 aliphatic heterocycles. The maximum atomic E-state index is 8.55. The fourth-order valence-corrected chi connectivity index (χ4v) is 1.87. The summed E-state index contributed by atoms with van der Waals surface area (Å²) in [6, 6.07) is 9.01. The monoisotopic (exact) mass is 251 g/mol. The molecule has 5 heteroatoms. The molecule has 3 nitrogen and oxygen atoms in total. The Bertz CT molecular complexity index is 534. The van der Waals surface area contributed by atoms with Gasteiger partial charge >= 0.3 is 0 Å². The zero-order valence-corrected chi connectivity index (χ0v) is 9.70. The molecule has 1 heterocycles. The van der Waals surface area contributed by atoms with Crippen LogP contribution in [0, 0.1) is 11.3 Å². The summed E-state index contributed by atoms with van der Waals surface area (Å²) in [6.07, 6.45) is 2.07. The summed E-state index contributed by atoms with van der Waals surface area (Å²) < 4.78 is 1.64. The van der Waals surface area contributed by atoms with E-state index in [1.807, 2.05) is 6.07 Å². The van der Waals surface area contributed by atoms with Gasteiger partial charge in [0.2, 0.25) is 0 Å². The molecule has 0 N–H and O–H groups in total. The van der Waals surface area contributed by atoms with Crippen LogP contribution < -0.4 is 0 Å². The van der Waals surface area contributed by atoms with Gasteiger partial charge < -0.3 is 0 Å². The lowest BCUT2D eigenvalue weighted by molar-refractivity contribution is 0.853. The predicted octanol–water partition coefficient (Wildman–Crippen LogP) is 3.25. The Kier molecular flexibility index (Phi) is 3.14. The van der Waals surface area contributed by atoms with Gasteiger partial charge in [0.15, 0.2) is 0 Å². The third-order valence-corrected chi connectivity index (χ3v) is 2.45. The van der Waals surface area contributed by atoms with E-state index in [0.717, 1.165) is 11.4 Å². The predicted molar refractivity (Wildman–Crippen MR) is 62.9 cm³/mol. The summed E-state index contributed by atoms with van der Waals surface area (Å²) >= 11 is 11.8. The van der Waals surface area contributed by atoms with Crippen molar-refractivity contribution in [3.05, 3.63) is 46.2 Å². The summed E-state index contributed by atoms with van der Waals surface area (Å²) in [6.45, 7) is 0. The standard InChI is InChI=1S/C11H7Cl2N3/c12-8-5-9(13)7-11(6-8)16-4-2-10(15-16)1-3-14/h2,4-7H,1H2. The average molecular weight is 252 g/mol. The second-order valence-electron chi connectivity index (χ2n) is 3.21. The molecule has 16 heavy (non-hydrogen) atoms. The molecule has 1 aromatic heterocycles. The van der Waals surface area contributed by atoms with Gasteiger partial charge in [0.1, 0.15) is 0 Å². The molecule has 2 rings (SSSR count). The van der Waals surface area contributed by atoms with E-state index in [-0.39, 0.29) is 0 Å². The van der Waals surface area contributed by atoms with Gasteiger partial charge in [-0.2, -0.15) is 10.4 Å². The number of aromatic nitrogens is 2. The minimum atomic E-state index is 0.293. The Morgan fingerprint density at radius 3 is 2.56 bits per heavy atom. The molecule has 0 atom stereocenters. The minimum Gasteiger partial charge on any atom is -0.241 e. The van der Waals surface area contributed by atoms with Crippen LogP contribution in [-0.2, 0) is 6.42 Å². The van der Waals surface area contributed by atoms with Crippen molar-refractivity contribution in [3.8, 4) is 11.8 Å². The second kappa shape index (κ2) is 4.56. The third kappa shape index (κ3) is 2.35. The van der Waals surface area contributed by atoms with Crippen LogP contribution in [0.1, 0.15) is 5.69 Å². The summed E-state index contributed by atoms with van der Waals surface area (Å²) in [5.41, 5.74) is 1.50. The van der Waals surface area contributed by atoms with Crippen molar-refractivity contribution in [2.75, 3.05) is 0 Å². The largest absolute Gasteiger partial charge is 0.241 e. The van der Waals surface area contributed by atoms with E-state index in [1.54, 1.807) is 35.1 Å². The van der Waals surface area contributed by atoms with E-state index in [9.17, 15) is 0 Å². The van der Waals surface area contributed by atoms with Gasteiger partial charge in [0.25, 0.3) is 0 Å². The molecule has 0 aliphatic carbocycles. The zero-order chi connectivity index (χ0) is 11.5. The number of nitrogens with zero attached hydrogens (tertiary/aromatic N) is 3. The molecule has 0 bridgehead atoms. The van der Waals surface area contributed by atoms with Gasteiger partial charge in [-0.3, -0.25) is 0 Å². The van der Waals surface area contributed by atoms with Crippen molar-refractivity contribution in [1.82, 2.24) is 9.78 Å². The van der Waals surface area contributed by atoms with E-state index in [0.29, 0.717) is 16.5 Å². The van der Waals surface area contributed by atoms with E-state index in [4.69, 9.17) is 28.5 Å². The molecular formula is C11H7Cl2N3.